The molecule has 138 valence electrons. The van der Waals surface area contributed by atoms with Crippen LogP contribution in [-0.2, 0) is 11.0 Å². The van der Waals surface area contributed by atoms with Crippen LogP contribution in [0.2, 0.25) is 0 Å². The Hall–Kier alpha value is -2.83. The van der Waals surface area contributed by atoms with E-state index in [0.29, 0.717) is 0 Å². The van der Waals surface area contributed by atoms with Gasteiger partial charge in [0.15, 0.2) is 0 Å². The summed E-state index contributed by atoms with van der Waals surface area (Å²) in [5, 5.41) is 5.01. The second-order valence-corrected chi connectivity index (χ2v) is 6.78. The Balaban J connectivity index is 2.39. The quantitative estimate of drug-likeness (QED) is 0.810. The topological polar surface area (TPSA) is 58.2 Å². The number of carbonyl (C=O) groups excluding carboxylic acids is 2. The Labute approximate surface area is 149 Å². The molecule has 2 rings (SSSR count). The zero-order valence-electron chi connectivity index (χ0n) is 14.6. The Morgan fingerprint density at radius 2 is 1.46 bits per heavy atom. The van der Waals surface area contributed by atoms with Gasteiger partial charge in [-0.2, -0.15) is 13.2 Å². The monoisotopic (exact) mass is 364 g/mol. The van der Waals surface area contributed by atoms with E-state index in [0.717, 1.165) is 18.2 Å². The second kappa shape index (κ2) is 7.19. The summed E-state index contributed by atoms with van der Waals surface area (Å²) in [5.74, 6) is -0.955. The normalized spacial score (nSPS) is 11.8. The Morgan fingerprint density at radius 3 is 2.00 bits per heavy atom. The van der Waals surface area contributed by atoms with E-state index in [1.165, 1.54) is 12.1 Å². The fourth-order valence-corrected chi connectivity index (χ4v) is 2.03. The van der Waals surface area contributed by atoms with Gasteiger partial charge in [-0.25, -0.2) is 0 Å². The highest BCUT2D eigenvalue weighted by Gasteiger charge is 2.32. The smallest absolute Gasteiger partial charge is 0.324 e. The summed E-state index contributed by atoms with van der Waals surface area (Å²) in [6.45, 7) is 5.03. The minimum atomic E-state index is -4.57. The van der Waals surface area contributed by atoms with Crippen LogP contribution < -0.4 is 10.6 Å². The fraction of sp³-hybridized carbons (Fsp3) is 0.263. The van der Waals surface area contributed by atoms with E-state index in [-0.39, 0.29) is 22.8 Å². The largest absolute Gasteiger partial charge is 0.416 e. The van der Waals surface area contributed by atoms with Crippen molar-refractivity contribution in [3.8, 4) is 0 Å². The highest BCUT2D eigenvalue weighted by molar-refractivity contribution is 6.07. The summed E-state index contributed by atoms with van der Waals surface area (Å²) in [4.78, 5) is 24.5. The third kappa shape index (κ3) is 4.84. The van der Waals surface area contributed by atoms with Gasteiger partial charge in [0.25, 0.3) is 5.91 Å². The molecule has 0 atom stereocenters. The van der Waals surface area contributed by atoms with Crippen molar-refractivity contribution in [2.75, 3.05) is 10.6 Å². The van der Waals surface area contributed by atoms with E-state index in [9.17, 15) is 22.8 Å². The summed E-state index contributed by atoms with van der Waals surface area (Å²) >= 11 is 0. The first kappa shape index (κ1) is 19.5. The lowest BCUT2D eigenvalue weighted by molar-refractivity contribution is -0.137. The first-order valence-electron chi connectivity index (χ1n) is 7.87. The van der Waals surface area contributed by atoms with Crippen LogP contribution in [0, 0.1) is 5.41 Å². The number of carbonyl (C=O) groups is 2. The lowest BCUT2D eigenvalue weighted by Crippen LogP contribution is -2.28. The van der Waals surface area contributed by atoms with Crippen molar-refractivity contribution in [2.24, 2.45) is 5.41 Å². The van der Waals surface area contributed by atoms with Gasteiger partial charge in [-0.1, -0.05) is 39.0 Å². The van der Waals surface area contributed by atoms with Gasteiger partial charge in [0, 0.05) is 11.0 Å². The maximum atomic E-state index is 13.0. The zero-order chi connectivity index (χ0) is 19.5. The average Bonchev–Trinajstić information content (AvgIpc) is 2.55. The van der Waals surface area contributed by atoms with E-state index in [4.69, 9.17) is 0 Å². The van der Waals surface area contributed by atoms with Crippen molar-refractivity contribution < 1.29 is 22.8 Å². The molecule has 0 saturated heterocycles. The SMILES string of the molecule is CC(C)(C)C(=O)Nc1ccc(C(F)(F)F)cc1NC(=O)c1ccccc1. The van der Waals surface area contributed by atoms with E-state index in [1.54, 1.807) is 39.0 Å². The molecule has 0 spiro atoms. The molecule has 26 heavy (non-hydrogen) atoms. The standard InChI is InChI=1S/C19H19F3N2O2/c1-18(2,3)17(26)24-14-10-9-13(19(20,21)22)11-15(14)23-16(25)12-7-5-4-6-8-12/h4-11H,1-3H3,(H,23,25)(H,24,26). The number of alkyl halides is 3. The third-order valence-corrected chi connectivity index (χ3v) is 3.56. The van der Waals surface area contributed by atoms with E-state index >= 15 is 0 Å². The van der Waals surface area contributed by atoms with Crippen LogP contribution in [-0.4, -0.2) is 11.8 Å². The zero-order valence-corrected chi connectivity index (χ0v) is 14.6. The molecule has 0 heterocycles. The van der Waals surface area contributed by atoms with Crippen molar-refractivity contribution >= 4 is 23.2 Å². The van der Waals surface area contributed by atoms with E-state index in [1.807, 2.05) is 0 Å². The molecular weight excluding hydrogens is 345 g/mol. The second-order valence-electron chi connectivity index (χ2n) is 6.78. The van der Waals surface area contributed by atoms with Gasteiger partial charge in [0.1, 0.15) is 0 Å². The van der Waals surface area contributed by atoms with Gasteiger partial charge < -0.3 is 10.6 Å². The number of hydrogen-bond donors (Lipinski definition) is 2. The number of benzene rings is 2. The number of amides is 2. The van der Waals surface area contributed by atoms with Gasteiger partial charge in [0.2, 0.25) is 5.91 Å². The van der Waals surface area contributed by atoms with Crippen molar-refractivity contribution in [1.82, 2.24) is 0 Å². The summed E-state index contributed by atoms with van der Waals surface area (Å²) < 4.78 is 39.0. The molecule has 0 aliphatic rings. The maximum absolute atomic E-state index is 13.0. The number of halogens is 3. The number of anilines is 2. The van der Waals surface area contributed by atoms with E-state index in [2.05, 4.69) is 10.6 Å². The summed E-state index contributed by atoms with van der Waals surface area (Å²) in [7, 11) is 0. The van der Waals surface area contributed by atoms with Crippen LogP contribution in [0.4, 0.5) is 24.5 Å². The molecule has 0 aromatic heterocycles. The first-order chi connectivity index (χ1) is 12.0. The molecule has 4 nitrogen and oxygen atoms in total. The third-order valence-electron chi connectivity index (χ3n) is 3.56. The van der Waals surface area contributed by atoms with Gasteiger partial charge in [-0.3, -0.25) is 9.59 Å². The molecule has 0 unspecified atom stereocenters. The van der Waals surface area contributed by atoms with Crippen LogP contribution in [0.3, 0.4) is 0 Å². The van der Waals surface area contributed by atoms with Crippen molar-refractivity contribution in [2.45, 2.75) is 26.9 Å². The fourth-order valence-electron chi connectivity index (χ4n) is 2.03. The van der Waals surface area contributed by atoms with Crippen LogP contribution in [0.1, 0.15) is 36.7 Å². The highest BCUT2D eigenvalue weighted by atomic mass is 19.4. The summed E-state index contributed by atoms with van der Waals surface area (Å²) in [6, 6.07) is 10.9. The number of rotatable bonds is 3. The molecule has 0 aliphatic heterocycles. The van der Waals surface area contributed by atoms with E-state index < -0.39 is 23.1 Å². The maximum Gasteiger partial charge on any atom is 0.416 e. The van der Waals surface area contributed by atoms with Crippen molar-refractivity contribution in [3.05, 3.63) is 59.7 Å². The average molecular weight is 364 g/mol. The molecule has 0 saturated carbocycles. The lowest BCUT2D eigenvalue weighted by atomic mass is 9.95. The summed E-state index contributed by atoms with van der Waals surface area (Å²) in [6.07, 6.45) is -4.57. The minimum absolute atomic E-state index is 0.0993. The molecule has 2 N–H and O–H groups in total. The molecular formula is C19H19F3N2O2. The molecule has 7 heteroatoms. The predicted molar refractivity (Wildman–Crippen MR) is 93.9 cm³/mol. The van der Waals surface area contributed by atoms with Gasteiger partial charge >= 0.3 is 6.18 Å². The van der Waals surface area contributed by atoms with Crippen LogP contribution in [0.25, 0.3) is 0 Å². The van der Waals surface area contributed by atoms with Crippen molar-refractivity contribution in [3.63, 3.8) is 0 Å². The molecule has 2 aromatic rings. The van der Waals surface area contributed by atoms with Crippen LogP contribution in [0.15, 0.2) is 48.5 Å². The van der Waals surface area contributed by atoms with Crippen LogP contribution in [0.5, 0.6) is 0 Å². The first-order valence-corrected chi connectivity index (χ1v) is 7.87. The molecule has 0 radical (unpaired) electrons. The predicted octanol–water partition coefficient (Wildman–Crippen LogP) is 4.94. The number of nitrogens with one attached hydrogen (secondary N) is 2. The molecule has 0 bridgehead atoms. The molecule has 0 fully saturated rings. The Bertz CT molecular complexity index is 810. The number of hydrogen-bond acceptors (Lipinski definition) is 2. The summed E-state index contributed by atoms with van der Waals surface area (Å²) in [5.41, 5.74) is -1.40. The lowest BCUT2D eigenvalue weighted by Gasteiger charge is -2.20. The highest BCUT2D eigenvalue weighted by Crippen LogP contribution is 2.34. The van der Waals surface area contributed by atoms with Crippen molar-refractivity contribution in [1.29, 1.82) is 0 Å². The molecule has 2 aromatic carbocycles. The van der Waals surface area contributed by atoms with Crippen LogP contribution >= 0.6 is 0 Å². The molecule has 0 aliphatic carbocycles. The van der Waals surface area contributed by atoms with Gasteiger partial charge in [-0.15, -0.1) is 0 Å². The van der Waals surface area contributed by atoms with Gasteiger partial charge in [-0.05, 0) is 30.3 Å². The van der Waals surface area contributed by atoms with Gasteiger partial charge in [0.05, 0.1) is 16.9 Å². The minimum Gasteiger partial charge on any atom is -0.324 e. The Morgan fingerprint density at radius 1 is 0.846 bits per heavy atom. The Kier molecular flexibility index (Phi) is 5.39. The molecule has 2 amide bonds.